The molecular formula is C7H15NO2. The van der Waals surface area contributed by atoms with Crippen molar-refractivity contribution in [2.45, 2.75) is 32.8 Å². The zero-order chi connectivity index (χ0) is 7.98. The first-order chi connectivity index (χ1) is 4.70. The molecule has 1 saturated heterocycles. The van der Waals surface area contributed by atoms with E-state index in [1.165, 1.54) is 6.42 Å². The molecule has 1 fully saturated rings. The van der Waals surface area contributed by atoms with Gasteiger partial charge in [-0.2, -0.15) is 0 Å². The minimum absolute atomic E-state index is 0.0486. The lowest BCUT2D eigenvalue weighted by Crippen LogP contribution is -2.14. The normalized spacial score (nSPS) is 23.1. The average Bonchev–Trinajstić information content (AvgIpc) is 2.17. The van der Waals surface area contributed by atoms with Crippen LogP contribution in [0.25, 0.3) is 0 Å². The largest absolute Gasteiger partial charge is 0.391 e. The monoisotopic (exact) mass is 145 g/mol. The maximum Gasteiger partial charge on any atom is 0.222 e. The number of aliphatic hydroxyl groups is 1. The van der Waals surface area contributed by atoms with E-state index in [-0.39, 0.29) is 12.3 Å². The Morgan fingerprint density at radius 2 is 2.20 bits per heavy atom. The van der Waals surface area contributed by atoms with Crippen molar-refractivity contribution in [1.82, 2.24) is 5.32 Å². The van der Waals surface area contributed by atoms with Crippen LogP contribution in [-0.2, 0) is 4.79 Å². The third kappa shape index (κ3) is 4.32. The molecule has 0 aromatic carbocycles. The van der Waals surface area contributed by atoms with Crippen LogP contribution in [0.2, 0.25) is 0 Å². The summed E-state index contributed by atoms with van der Waals surface area (Å²) >= 11 is 0. The van der Waals surface area contributed by atoms with Crippen LogP contribution in [-0.4, -0.2) is 23.7 Å². The summed E-state index contributed by atoms with van der Waals surface area (Å²) < 4.78 is 0. The number of carbonyl (C=O) groups is 1. The van der Waals surface area contributed by atoms with Crippen molar-refractivity contribution in [2.75, 3.05) is 6.54 Å². The summed E-state index contributed by atoms with van der Waals surface area (Å²) in [5, 5.41) is 11.1. The first-order valence-corrected chi connectivity index (χ1v) is 3.65. The summed E-state index contributed by atoms with van der Waals surface area (Å²) in [6.07, 6.45) is 1.09. The summed E-state index contributed by atoms with van der Waals surface area (Å²) in [6, 6.07) is 0. The van der Waals surface area contributed by atoms with E-state index in [0.29, 0.717) is 6.54 Å². The van der Waals surface area contributed by atoms with Gasteiger partial charge in [0.2, 0.25) is 5.91 Å². The third-order valence-corrected chi connectivity index (χ3v) is 0.956. The van der Waals surface area contributed by atoms with Crippen LogP contribution >= 0.6 is 0 Å². The van der Waals surface area contributed by atoms with Crippen molar-refractivity contribution in [3.05, 3.63) is 0 Å². The quantitative estimate of drug-likeness (QED) is 0.514. The van der Waals surface area contributed by atoms with E-state index in [1.807, 2.05) is 0 Å². The fourth-order valence-electron chi connectivity index (χ4n) is 0.590. The Balaban J connectivity index is 0.000000236. The number of β-amino-alcohol motifs (C(OH)–C–C–N with tert-alkyl or cyclic N) is 1. The number of rotatable bonds is 0. The summed E-state index contributed by atoms with van der Waals surface area (Å²) in [5.41, 5.74) is 0. The molecular weight excluding hydrogens is 130 g/mol. The highest BCUT2D eigenvalue weighted by atomic mass is 16.3. The molecule has 0 bridgehead atoms. The predicted molar refractivity (Wildman–Crippen MR) is 39.6 cm³/mol. The average molecular weight is 145 g/mol. The molecule has 0 aromatic heterocycles. The second-order valence-corrected chi connectivity index (χ2v) is 2.37. The smallest absolute Gasteiger partial charge is 0.222 e. The predicted octanol–water partition coefficient (Wildman–Crippen LogP) is 0.283. The fourth-order valence-corrected chi connectivity index (χ4v) is 0.590. The maximum atomic E-state index is 10.2. The number of hydrogen-bond donors (Lipinski definition) is 2. The van der Waals surface area contributed by atoms with Gasteiger partial charge in [-0.1, -0.05) is 20.3 Å². The van der Waals surface area contributed by atoms with E-state index in [2.05, 4.69) is 19.2 Å². The van der Waals surface area contributed by atoms with Crippen molar-refractivity contribution >= 4 is 5.91 Å². The molecule has 3 heteroatoms. The van der Waals surface area contributed by atoms with E-state index >= 15 is 0 Å². The van der Waals surface area contributed by atoms with E-state index in [0.717, 1.165) is 0 Å². The van der Waals surface area contributed by atoms with Crippen LogP contribution in [0, 0.1) is 0 Å². The molecule has 0 spiro atoms. The van der Waals surface area contributed by atoms with E-state index in [9.17, 15) is 4.79 Å². The molecule has 1 amide bonds. The Bertz CT molecular complexity index is 104. The van der Waals surface area contributed by atoms with Gasteiger partial charge in [-0.15, -0.1) is 0 Å². The highest BCUT2D eigenvalue weighted by Crippen LogP contribution is 1.95. The van der Waals surface area contributed by atoms with Gasteiger partial charge < -0.3 is 10.4 Å². The standard InChI is InChI=1S/C4H7NO2.C3H8/c6-3-1-4(7)5-2-3;1-3-2/h3,6H,1-2H2,(H,5,7);3H2,1-2H3. The van der Waals surface area contributed by atoms with Crippen molar-refractivity contribution < 1.29 is 9.90 Å². The van der Waals surface area contributed by atoms with Gasteiger partial charge in [0.25, 0.3) is 0 Å². The SMILES string of the molecule is CCC.O=C1CC(O)CN1. The van der Waals surface area contributed by atoms with Gasteiger partial charge in [0.1, 0.15) is 0 Å². The lowest BCUT2D eigenvalue weighted by molar-refractivity contribution is -0.119. The summed E-state index contributed by atoms with van der Waals surface area (Å²) in [7, 11) is 0. The molecule has 1 unspecified atom stereocenters. The van der Waals surface area contributed by atoms with Gasteiger partial charge in [-0.3, -0.25) is 4.79 Å². The molecule has 1 rings (SSSR count). The van der Waals surface area contributed by atoms with Crippen LogP contribution in [0.3, 0.4) is 0 Å². The lowest BCUT2D eigenvalue weighted by Gasteiger charge is -1.89. The van der Waals surface area contributed by atoms with Crippen LogP contribution in [0.15, 0.2) is 0 Å². The molecule has 1 aliphatic rings. The highest BCUT2D eigenvalue weighted by Gasteiger charge is 2.17. The molecule has 0 aromatic rings. The number of amides is 1. The zero-order valence-electron chi connectivity index (χ0n) is 6.55. The fraction of sp³-hybridized carbons (Fsp3) is 0.857. The minimum atomic E-state index is -0.438. The van der Waals surface area contributed by atoms with E-state index < -0.39 is 6.10 Å². The number of hydrogen-bond acceptors (Lipinski definition) is 2. The zero-order valence-corrected chi connectivity index (χ0v) is 6.55. The Hall–Kier alpha value is -0.570. The van der Waals surface area contributed by atoms with E-state index in [4.69, 9.17) is 5.11 Å². The van der Waals surface area contributed by atoms with Gasteiger partial charge >= 0.3 is 0 Å². The van der Waals surface area contributed by atoms with Gasteiger partial charge in [0.15, 0.2) is 0 Å². The van der Waals surface area contributed by atoms with Crippen LogP contribution in [0.1, 0.15) is 26.7 Å². The van der Waals surface area contributed by atoms with E-state index in [1.54, 1.807) is 0 Å². The minimum Gasteiger partial charge on any atom is -0.391 e. The first-order valence-electron chi connectivity index (χ1n) is 3.65. The molecule has 0 radical (unpaired) electrons. The topological polar surface area (TPSA) is 49.3 Å². The van der Waals surface area contributed by atoms with Crippen molar-refractivity contribution in [3.63, 3.8) is 0 Å². The Morgan fingerprint density at radius 1 is 1.70 bits per heavy atom. The van der Waals surface area contributed by atoms with Gasteiger partial charge in [-0.25, -0.2) is 0 Å². The summed E-state index contributed by atoms with van der Waals surface area (Å²) in [4.78, 5) is 10.2. The molecule has 3 nitrogen and oxygen atoms in total. The molecule has 60 valence electrons. The molecule has 0 saturated carbocycles. The number of carbonyl (C=O) groups excluding carboxylic acids is 1. The summed E-state index contributed by atoms with van der Waals surface area (Å²) in [5.74, 6) is -0.0486. The second-order valence-electron chi connectivity index (χ2n) is 2.37. The van der Waals surface area contributed by atoms with Crippen molar-refractivity contribution in [3.8, 4) is 0 Å². The molecule has 0 aliphatic carbocycles. The maximum absolute atomic E-state index is 10.2. The summed E-state index contributed by atoms with van der Waals surface area (Å²) in [6.45, 7) is 4.68. The van der Waals surface area contributed by atoms with Crippen LogP contribution < -0.4 is 5.32 Å². The Kier molecular flexibility index (Phi) is 4.94. The van der Waals surface area contributed by atoms with Gasteiger partial charge in [-0.05, 0) is 0 Å². The molecule has 1 aliphatic heterocycles. The Labute approximate surface area is 61.4 Å². The number of nitrogens with one attached hydrogen (secondary N) is 1. The molecule has 1 atom stereocenters. The third-order valence-electron chi connectivity index (χ3n) is 0.956. The molecule has 10 heavy (non-hydrogen) atoms. The van der Waals surface area contributed by atoms with Crippen LogP contribution in [0.4, 0.5) is 0 Å². The van der Waals surface area contributed by atoms with Gasteiger partial charge in [0, 0.05) is 6.54 Å². The second kappa shape index (κ2) is 5.23. The highest BCUT2D eigenvalue weighted by molar-refractivity contribution is 5.78. The Morgan fingerprint density at radius 3 is 2.30 bits per heavy atom. The molecule has 1 heterocycles. The molecule has 2 N–H and O–H groups in total. The van der Waals surface area contributed by atoms with Crippen molar-refractivity contribution in [1.29, 1.82) is 0 Å². The van der Waals surface area contributed by atoms with Crippen molar-refractivity contribution in [2.24, 2.45) is 0 Å². The van der Waals surface area contributed by atoms with Gasteiger partial charge in [0.05, 0.1) is 12.5 Å². The first kappa shape index (κ1) is 9.43. The number of aliphatic hydroxyl groups excluding tert-OH is 1. The lowest BCUT2D eigenvalue weighted by atomic mass is 10.3. The van der Waals surface area contributed by atoms with Crippen LogP contribution in [0.5, 0.6) is 0 Å².